The highest BCUT2D eigenvalue weighted by molar-refractivity contribution is 5.79. The van der Waals surface area contributed by atoms with Gasteiger partial charge in [-0.1, -0.05) is 55.5 Å². The molecule has 0 unspecified atom stereocenters. The zero-order valence-corrected chi connectivity index (χ0v) is 13.7. The first-order valence-electron chi connectivity index (χ1n) is 8.10. The van der Waals surface area contributed by atoms with E-state index in [1.807, 2.05) is 67.6 Å². The number of hydrogen-bond donors (Lipinski definition) is 1. The summed E-state index contributed by atoms with van der Waals surface area (Å²) in [6.45, 7) is 2.65. The summed E-state index contributed by atoms with van der Waals surface area (Å²) < 4.78 is 0. The van der Waals surface area contributed by atoms with E-state index >= 15 is 0 Å². The lowest BCUT2D eigenvalue weighted by molar-refractivity contribution is -0.132. The summed E-state index contributed by atoms with van der Waals surface area (Å²) in [6.07, 6.45) is 0.415. The molecule has 3 aromatic rings. The Morgan fingerprint density at radius 1 is 1.00 bits per heavy atom. The predicted molar refractivity (Wildman–Crippen MR) is 95.6 cm³/mol. The zero-order chi connectivity index (χ0) is 16.9. The second-order valence-electron chi connectivity index (χ2n) is 5.80. The maximum Gasteiger partial charge on any atom is 0.253 e. The molecule has 122 valence electrons. The molecule has 3 rings (SSSR count). The minimum absolute atomic E-state index is 0.0337. The number of H-pyrrole nitrogens is 1. The zero-order valence-electron chi connectivity index (χ0n) is 13.7. The van der Waals surface area contributed by atoms with Crippen molar-refractivity contribution < 1.29 is 4.79 Å². The SMILES string of the molecule is CCC(=O)N(Cc1ccccc1)Cc1cc2ccccc2[nH]c1=O. The lowest BCUT2D eigenvalue weighted by Crippen LogP contribution is -2.31. The first kappa shape index (κ1) is 16.0. The van der Waals surface area contributed by atoms with E-state index in [-0.39, 0.29) is 11.5 Å². The molecular weight excluding hydrogens is 300 g/mol. The third kappa shape index (κ3) is 3.54. The summed E-state index contributed by atoms with van der Waals surface area (Å²) in [7, 11) is 0. The van der Waals surface area contributed by atoms with Crippen molar-refractivity contribution in [2.45, 2.75) is 26.4 Å². The largest absolute Gasteiger partial charge is 0.334 e. The average Bonchev–Trinajstić information content (AvgIpc) is 2.62. The molecule has 4 nitrogen and oxygen atoms in total. The van der Waals surface area contributed by atoms with Gasteiger partial charge in [-0.2, -0.15) is 0 Å². The van der Waals surface area contributed by atoms with E-state index in [0.29, 0.717) is 25.1 Å². The van der Waals surface area contributed by atoms with Crippen LogP contribution in [0.2, 0.25) is 0 Å². The second-order valence-corrected chi connectivity index (χ2v) is 5.80. The Kier molecular flexibility index (Phi) is 4.75. The smallest absolute Gasteiger partial charge is 0.253 e. The van der Waals surface area contributed by atoms with E-state index in [2.05, 4.69) is 4.98 Å². The van der Waals surface area contributed by atoms with Crippen LogP contribution in [-0.4, -0.2) is 15.8 Å². The summed E-state index contributed by atoms with van der Waals surface area (Å²) >= 11 is 0. The van der Waals surface area contributed by atoms with Crippen LogP contribution in [0, 0.1) is 0 Å². The highest BCUT2D eigenvalue weighted by atomic mass is 16.2. The van der Waals surface area contributed by atoms with Crippen LogP contribution in [0.5, 0.6) is 0 Å². The van der Waals surface area contributed by atoms with Crippen molar-refractivity contribution in [1.82, 2.24) is 9.88 Å². The summed E-state index contributed by atoms with van der Waals surface area (Å²) in [5.41, 5.74) is 2.32. The standard InChI is InChI=1S/C20H20N2O2/c1-2-19(23)22(13-15-8-4-3-5-9-15)14-17-12-16-10-6-7-11-18(16)21-20(17)24/h3-12H,2,13-14H2,1H3,(H,21,24). The quantitative estimate of drug-likeness (QED) is 0.782. The number of nitrogens with one attached hydrogen (secondary N) is 1. The third-order valence-electron chi connectivity index (χ3n) is 4.06. The molecule has 0 atom stereocenters. The van der Waals surface area contributed by atoms with Crippen LogP contribution in [0.1, 0.15) is 24.5 Å². The summed E-state index contributed by atoms with van der Waals surface area (Å²) in [5.74, 6) is 0.0337. The Morgan fingerprint density at radius 2 is 1.71 bits per heavy atom. The van der Waals surface area contributed by atoms with E-state index < -0.39 is 0 Å². The molecule has 0 bridgehead atoms. The minimum Gasteiger partial charge on any atom is -0.334 e. The third-order valence-corrected chi connectivity index (χ3v) is 4.06. The van der Waals surface area contributed by atoms with Crippen LogP contribution < -0.4 is 5.56 Å². The van der Waals surface area contributed by atoms with Crippen LogP contribution in [0.4, 0.5) is 0 Å². The van der Waals surface area contributed by atoms with E-state index in [0.717, 1.165) is 16.5 Å². The number of aromatic amines is 1. The van der Waals surface area contributed by atoms with Crippen molar-refractivity contribution in [2.75, 3.05) is 0 Å². The number of carbonyl (C=O) groups is 1. The van der Waals surface area contributed by atoms with Crippen molar-refractivity contribution in [2.24, 2.45) is 0 Å². The molecule has 0 aliphatic heterocycles. The molecule has 0 aliphatic carbocycles. The van der Waals surface area contributed by atoms with E-state index in [4.69, 9.17) is 0 Å². The molecule has 1 N–H and O–H groups in total. The van der Waals surface area contributed by atoms with Crippen LogP contribution in [0.25, 0.3) is 10.9 Å². The van der Waals surface area contributed by atoms with Crippen LogP contribution in [0.3, 0.4) is 0 Å². The van der Waals surface area contributed by atoms with Crippen molar-refractivity contribution in [1.29, 1.82) is 0 Å². The molecule has 1 amide bonds. The Hall–Kier alpha value is -2.88. The van der Waals surface area contributed by atoms with Gasteiger partial charge in [-0.3, -0.25) is 9.59 Å². The van der Waals surface area contributed by atoms with Gasteiger partial charge in [0.1, 0.15) is 0 Å². The lowest BCUT2D eigenvalue weighted by Gasteiger charge is -2.22. The molecule has 0 saturated heterocycles. The highest BCUT2D eigenvalue weighted by Crippen LogP contribution is 2.14. The minimum atomic E-state index is -0.143. The van der Waals surface area contributed by atoms with Crippen LogP contribution in [0.15, 0.2) is 65.5 Å². The molecule has 4 heteroatoms. The van der Waals surface area contributed by atoms with Gasteiger partial charge < -0.3 is 9.88 Å². The molecule has 0 saturated carbocycles. The Bertz CT molecular complexity index is 900. The molecule has 1 heterocycles. The van der Waals surface area contributed by atoms with Crippen molar-refractivity contribution in [3.05, 3.63) is 82.1 Å². The topological polar surface area (TPSA) is 53.2 Å². The molecule has 24 heavy (non-hydrogen) atoms. The van der Waals surface area contributed by atoms with Gasteiger partial charge in [-0.25, -0.2) is 0 Å². The number of aromatic nitrogens is 1. The van der Waals surface area contributed by atoms with Crippen molar-refractivity contribution in [3.8, 4) is 0 Å². The van der Waals surface area contributed by atoms with Crippen LogP contribution in [-0.2, 0) is 17.9 Å². The number of carbonyl (C=O) groups excluding carboxylic acids is 1. The molecule has 0 radical (unpaired) electrons. The van der Waals surface area contributed by atoms with E-state index in [1.54, 1.807) is 4.90 Å². The maximum absolute atomic E-state index is 12.3. The number of benzene rings is 2. The lowest BCUT2D eigenvalue weighted by atomic mass is 10.1. The molecule has 0 spiro atoms. The number of para-hydroxylation sites is 1. The fraction of sp³-hybridized carbons (Fsp3) is 0.200. The molecule has 0 fully saturated rings. The number of pyridine rings is 1. The highest BCUT2D eigenvalue weighted by Gasteiger charge is 2.15. The fourth-order valence-corrected chi connectivity index (χ4v) is 2.78. The molecular formula is C20H20N2O2. The first-order valence-corrected chi connectivity index (χ1v) is 8.10. The van der Waals surface area contributed by atoms with Crippen molar-refractivity contribution >= 4 is 16.8 Å². The van der Waals surface area contributed by atoms with Gasteiger partial charge in [0.05, 0.1) is 6.54 Å². The molecule has 1 aromatic heterocycles. The first-order chi connectivity index (χ1) is 11.7. The van der Waals surface area contributed by atoms with Gasteiger partial charge in [0.15, 0.2) is 0 Å². The Labute approximate surface area is 140 Å². The van der Waals surface area contributed by atoms with Gasteiger partial charge in [0.25, 0.3) is 5.56 Å². The number of amides is 1. The summed E-state index contributed by atoms with van der Waals surface area (Å²) in [5, 5.41) is 0.968. The maximum atomic E-state index is 12.3. The molecule has 0 aliphatic rings. The summed E-state index contributed by atoms with van der Waals surface area (Å²) in [6, 6.07) is 19.3. The predicted octanol–water partition coefficient (Wildman–Crippen LogP) is 3.47. The van der Waals surface area contributed by atoms with Gasteiger partial charge >= 0.3 is 0 Å². The van der Waals surface area contributed by atoms with E-state index in [9.17, 15) is 9.59 Å². The number of nitrogens with zero attached hydrogens (tertiary/aromatic N) is 1. The van der Waals surface area contributed by atoms with Gasteiger partial charge in [-0.05, 0) is 23.1 Å². The van der Waals surface area contributed by atoms with E-state index in [1.165, 1.54) is 0 Å². The molecule has 2 aromatic carbocycles. The monoisotopic (exact) mass is 320 g/mol. The van der Waals surface area contributed by atoms with Gasteiger partial charge in [0, 0.05) is 24.0 Å². The number of fused-ring (bicyclic) bond motifs is 1. The van der Waals surface area contributed by atoms with Gasteiger partial charge in [-0.15, -0.1) is 0 Å². The Balaban J connectivity index is 1.91. The normalized spacial score (nSPS) is 10.7. The van der Waals surface area contributed by atoms with Gasteiger partial charge in [0.2, 0.25) is 5.91 Å². The summed E-state index contributed by atoms with van der Waals surface area (Å²) in [4.78, 5) is 29.3. The Morgan fingerprint density at radius 3 is 2.46 bits per heavy atom. The second kappa shape index (κ2) is 7.13. The number of rotatable bonds is 5. The fourth-order valence-electron chi connectivity index (χ4n) is 2.78. The van der Waals surface area contributed by atoms with Crippen molar-refractivity contribution in [3.63, 3.8) is 0 Å². The van der Waals surface area contributed by atoms with Crippen LogP contribution >= 0.6 is 0 Å². The number of hydrogen-bond acceptors (Lipinski definition) is 2. The average molecular weight is 320 g/mol.